The van der Waals surface area contributed by atoms with Crippen molar-refractivity contribution in [2.24, 2.45) is 5.73 Å². The van der Waals surface area contributed by atoms with E-state index >= 15 is 0 Å². The summed E-state index contributed by atoms with van der Waals surface area (Å²) in [6, 6.07) is 7.82. The highest BCUT2D eigenvalue weighted by molar-refractivity contribution is 5.30. The number of ether oxygens (including phenoxy) is 1. The molecule has 0 aliphatic carbocycles. The molecule has 0 aliphatic heterocycles. The molecule has 1 aromatic carbocycles. The van der Waals surface area contributed by atoms with Gasteiger partial charge < -0.3 is 10.5 Å². The number of rotatable bonds is 3. The van der Waals surface area contributed by atoms with E-state index in [-0.39, 0.29) is 6.04 Å². The van der Waals surface area contributed by atoms with E-state index in [0.29, 0.717) is 6.61 Å². The summed E-state index contributed by atoms with van der Waals surface area (Å²) in [7, 11) is 0. The summed E-state index contributed by atoms with van der Waals surface area (Å²) >= 11 is 0. The maximum atomic E-state index is 5.75. The molecule has 0 amide bonds. The molecule has 1 aromatic rings. The fourth-order valence-corrected chi connectivity index (χ4v) is 1.08. The van der Waals surface area contributed by atoms with E-state index in [4.69, 9.17) is 10.5 Å². The average Bonchev–Trinajstić information content (AvgIpc) is 2.19. The second-order valence-corrected chi connectivity index (χ2v) is 3.08. The molecule has 0 bridgehead atoms. The van der Waals surface area contributed by atoms with E-state index < -0.39 is 0 Å². The van der Waals surface area contributed by atoms with Crippen LogP contribution in [0.25, 0.3) is 0 Å². The van der Waals surface area contributed by atoms with Crippen LogP contribution in [0, 0.1) is 11.8 Å². The predicted molar refractivity (Wildman–Crippen MR) is 58.0 cm³/mol. The van der Waals surface area contributed by atoms with Crippen LogP contribution in [0.15, 0.2) is 24.3 Å². The van der Waals surface area contributed by atoms with Crippen molar-refractivity contribution < 1.29 is 4.74 Å². The Bertz CT molecular complexity index is 347. The number of hydrogen-bond donors (Lipinski definition) is 1. The molecule has 0 fully saturated rings. The van der Waals surface area contributed by atoms with Crippen LogP contribution in [0.5, 0.6) is 5.75 Å². The van der Waals surface area contributed by atoms with Crippen molar-refractivity contribution in [3.05, 3.63) is 29.8 Å². The standard InChI is InChI=1S/C12H15NO/c1-3-4-8-14-12-7-5-6-11(9-12)10(2)13/h5-7,9-10H,8,13H2,1-2H3/t10-/m0/s1. The first-order valence-electron chi connectivity index (χ1n) is 4.62. The highest BCUT2D eigenvalue weighted by Crippen LogP contribution is 2.17. The highest BCUT2D eigenvalue weighted by Gasteiger charge is 2.00. The van der Waals surface area contributed by atoms with Gasteiger partial charge >= 0.3 is 0 Å². The molecule has 74 valence electrons. The van der Waals surface area contributed by atoms with Crippen molar-refractivity contribution in [1.29, 1.82) is 0 Å². The monoisotopic (exact) mass is 189 g/mol. The minimum atomic E-state index is 0.0378. The van der Waals surface area contributed by atoms with Crippen molar-refractivity contribution in [1.82, 2.24) is 0 Å². The molecule has 0 aromatic heterocycles. The summed E-state index contributed by atoms with van der Waals surface area (Å²) in [5, 5.41) is 0. The Morgan fingerprint density at radius 3 is 2.93 bits per heavy atom. The first-order chi connectivity index (χ1) is 6.74. The largest absolute Gasteiger partial charge is 0.481 e. The quantitative estimate of drug-likeness (QED) is 0.739. The van der Waals surface area contributed by atoms with Crippen LogP contribution in [0.2, 0.25) is 0 Å². The second kappa shape index (κ2) is 5.31. The smallest absolute Gasteiger partial charge is 0.149 e. The molecule has 2 N–H and O–H groups in total. The van der Waals surface area contributed by atoms with Crippen LogP contribution in [-0.2, 0) is 0 Å². The summed E-state index contributed by atoms with van der Waals surface area (Å²) in [4.78, 5) is 0. The van der Waals surface area contributed by atoms with Crippen LogP contribution in [0.1, 0.15) is 25.5 Å². The number of benzene rings is 1. The maximum Gasteiger partial charge on any atom is 0.149 e. The van der Waals surface area contributed by atoms with E-state index in [2.05, 4.69) is 11.8 Å². The SMILES string of the molecule is CC#CCOc1cccc([C@H](C)N)c1. The van der Waals surface area contributed by atoms with Gasteiger partial charge in [-0.2, -0.15) is 0 Å². The molecule has 14 heavy (non-hydrogen) atoms. The molecule has 0 unspecified atom stereocenters. The fraction of sp³-hybridized carbons (Fsp3) is 0.333. The van der Waals surface area contributed by atoms with Crippen LogP contribution in [-0.4, -0.2) is 6.61 Å². The Balaban J connectivity index is 2.67. The third-order valence-electron chi connectivity index (χ3n) is 1.87. The highest BCUT2D eigenvalue weighted by atomic mass is 16.5. The molecule has 0 heterocycles. The van der Waals surface area contributed by atoms with Gasteiger partial charge in [-0.15, -0.1) is 5.92 Å². The lowest BCUT2D eigenvalue weighted by Crippen LogP contribution is -2.05. The topological polar surface area (TPSA) is 35.2 Å². The molecule has 0 saturated carbocycles. The van der Waals surface area contributed by atoms with Crippen molar-refractivity contribution in [3.63, 3.8) is 0 Å². The summed E-state index contributed by atoms with van der Waals surface area (Å²) in [6.45, 7) is 4.17. The number of hydrogen-bond acceptors (Lipinski definition) is 2. The van der Waals surface area contributed by atoms with E-state index in [1.165, 1.54) is 0 Å². The fourth-order valence-electron chi connectivity index (χ4n) is 1.08. The van der Waals surface area contributed by atoms with Crippen LogP contribution in [0.3, 0.4) is 0 Å². The number of nitrogens with two attached hydrogens (primary N) is 1. The molecule has 1 atom stereocenters. The molecule has 0 radical (unpaired) electrons. The van der Waals surface area contributed by atoms with Crippen LogP contribution >= 0.6 is 0 Å². The lowest BCUT2D eigenvalue weighted by molar-refractivity contribution is 0.369. The Hall–Kier alpha value is -1.46. The molecular weight excluding hydrogens is 174 g/mol. The first-order valence-corrected chi connectivity index (χ1v) is 4.62. The zero-order chi connectivity index (χ0) is 10.4. The Morgan fingerprint density at radius 2 is 2.29 bits per heavy atom. The molecule has 0 spiro atoms. The lowest BCUT2D eigenvalue weighted by atomic mass is 10.1. The molecular formula is C12H15NO. The zero-order valence-electron chi connectivity index (χ0n) is 8.58. The van der Waals surface area contributed by atoms with Gasteiger partial charge in [0, 0.05) is 6.04 Å². The predicted octanol–water partition coefficient (Wildman–Crippen LogP) is 2.11. The summed E-state index contributed by atoms with van der Waals surface area (Å²) in [5.41, 5.74) is 6.83. The second-order valence-electron chi connectivity index (χ2n) is 3.08. The minimum Gasteiger partial charge on any atom is -0.481 e. The molecule has 0 saturated heterocycles. The molecule has 2 nitrogen and oxygen atoms in total. The van der Waals surface area contributed by atoms with Crippen molar-refractivity contribution in [2.45, 2.75) is 19.9 Å². The van der Waals surface area contributed by atoms with Gasteiger partial charge in [0.25, 0.3) is 0 Å². The summed E-state index contributed by atoms with van der Waals surface area (Å²) < 4.78 is 5.41. The zero-order valence-corrected chi connectivity index (χ0v) is 8.58. The average molecular weight is 189 g/mol. The third kappa shape index (κ3) is 3.12. The van der Waals surface area contributed by atoms with Gasteiger partial charge in [-0.1, -0.05) is 18.1 Å². The third-order valence-corrected chi connectivity index (χ3v) is 1.87. The van der Waals surface area contributed by atoms with Gasteiger partial charge in [0.05, 0.1) is 0 Å². The normalized spacial score (nSPS) is 11.4. The van der Waals surface area contributed by atoms with E-state index in [9.17, 15) is 0 Å². The lowest BCUT2D eigenvalue weighted by Gasteiger charge is -2.07. The Labute approximate surface area is 85.1 Å². The summed E-state index contributed by atoms with van der Waals surface area (Å²) in [6.07, 6.45) is 0. The van der Waals surface area contributed by atoms with Crippen molar-refractivity contribution in [2.75, 3.05) is 6.61 Å². The first kappa shape index (κ1) is 10.6. The molecule has 1 rings (SSSR count). The van der Waals surface area contributed by atoms with E-state index in [0.717, 1.165) is 11.3 Å². The molecule has 0 aliphatic rings. The van der Waals surface area contributed by atoms with Crippen LogP contribution in [0.4, 0.5) is 0 Å². The maximum absolute atomic E-state index is 5.75. The van der Waals surface area contributed by atoms with Crippen molar-refractivity contribution >= 4 is 0 Å². The van der Waals surface area contributed by atoms with Gasteiger partial charge in [0.15, 0.2) is 0 Å². The van der Waals surface area contributed by atoms with Gasteiger partial charge in [-0.25, -0.2) is 0 Å². The van der Waals surface area contributed by atoms with E-state index in [1.807, 2.05) is 31.2 Å². The van der Waals surface area contributed by atoms with Gasteiger partial charge in [-0.05, 0) is 31.5 Å². The van der Waals surface area contributed by atoms with Crippen LogP contribution < -0.4 is 10.5 Å². The summed E-state index contributed by atoms with van der Waals surface area (Å²) in [5.74, 6) is 6.44. The van der Waals surface area contributed by atoms with Gasteiger partial charge in [0.1, 0.15) is 12.4 Å². The minimum absolute atomic E-state index is 0.0378. The Kier molecular flexibility index (Phi) is 4.03. The Morgan fingerprint density at radius 1 is 1.50 bits per heavy atom. The molecule has 2 heteroatoms. The van der Waals surface area contributed by atoms with E-state index in [1.54, 1.807) is 6.92 Å². The van der Waals surface area contributed by atoms with Gasteiger partial charge in [0.2, 0.25) is 0 Å². The van der Waals surface area contributed by atoms with Gasteiger partial charge in [-0.3, -0.25) is 0 Å². The van der Waals surface area contributed by atoms with Crippen molar-refractivity contribution in [3.8, 4) is 17.6 Å².